The molecule has 0 unspecified atom stereocenters. The van der Waals surface area contributed by atoms with Gasteiger partial charge in [0.05, 0.1) is 16.6 Å². The predicted molar refractivity (Wildman–Crippen MR) is 246 cm³/mol. The van der Waals surface area contributed by atoms with E-state index >= 15 is 0 Å². The molecule has 0 N–H and O–H groups in total. The minimum absolute atomic E-state index is 0.534. The first-order chi connectivity index (χ1) is 29.7. The minimum Gasteiger partial charge on any atom is -0.455 e. The van der Waals surface area contributed by atoms with Gasteiger partial charge in [-0.25, -0.2) is 15.0 Å². The molecule has 0 bridgehead atoms. The highest BCUT2D eigenvalue weighted by molar-refractivity contribution is 6.15. The van der Waals surface area contributed by atoms with Gasteiger partial charge in [-0.15, -0.1) is 0 Å². The zero-order valence-electron chi connectivity index (χ0n) is 32.3. The topological polar surface area (TPSA) is 56.7 Å². The van der Waals surface area contributed by atoms with Crippen LogP contribution in [0, 0.1) is 0 Å². The largest absolute Gasteiger partial charge is 0.455 e. The lowest BCUT2D eigenvalue weighted by atomic mass is 10.0. The van der Waals surface area contributed by atoms with Crippen molar-refractivity contribution in [3.05, 3.63) is 206 Å². The van der Waals surface area contributed by atoms with Crippen LogP contribution in [0.2, 0.25) is 0 Å². The van der Waals surface area contributed by atoms with E-state index in [1.54, 1.807) is 0 Å². The van der Waals surface area contributed by atoms with Crippen molar-refractivity contribution in [2.45, 2.75) is 0 Å². The zero-order valence-corrected chi connectivity index (χ0v) is 32.3. The quantitative estimate of drug-likeness (QED) is 0.169. The van der Waals surface area contributed by atoms with Crippen LogP contribution in [-0.2, 0) is 0 Å². The molecular formula is C55H34N4O. The summed E-state index contributed by atoms with van der Waals surface area (Å²) >= 11 is 0. The van der Waals surface area contributed by atoms with Gasteiger partial charge >= 0.3 is 0 Å². The molecule has 0 aliphatic heterocycles. The van der Waals surface area contributed by atoms with Crippen molar-refractivity contribution in [1.82, 2.24) is 19.5 Å². The van der Waals surface area contributed by atoms with E-state index in [1.807, 2.05) is 24.3 Å². The first-order valence-electron chi connectivity index (χ1n) is 20.2. The van der Waals surface area contributed by atoms with E-state index in [0.717, 1.165) is 77.6 Å². The summed E-state index contributed by atoms with van der Waals surface area (Å²) < 4.78 is 9.12. The lowest BCUT2D eigenvalue weighted by Gasteiger charge is -2.13. The van der Waals surface area contributed by atoms with Crippen molar-refractivity contribution in [2.75, 3.05) is 0 Å². The average molecular weight is 767 g/mol. The monoisotopic (exact) mass is 766 g/mol. The molecule has 0 atom stereocenters. The molecule has 12 rings (SSSR count). The molecule has 60 heavy (non-hydrogen) atoms. The molecule has 0 amide bonds. The Hall–Kier alpha value is -8.15. The Morgan fingerprint density at radius 1 is 0.333 bits per heavy atom. The fourth-order valence-corrected chi connectivity index (χ4v) is 8.68. The van der Waals surface area contributed by atoms with Gasteiger partial charge < -0.3 is 8.98 Å². The van der Waals surface area contributed by atoms with Gasteiger partial charge in [-0.1, -0.05) is 170 Å². The SMILES string of the molecule is c1ccc(-c2ccc(-c3nc(-c4ccc(-c5ccccc5)cc4)nc(-c4cc(-n5c6ccccc6c6cc7ccccc7cc65)cc5c4oc4ccccc45)n3)cc2)cc1. The van der Waals surface area contributed by atoms with Gasteiger partial charge in [-0.2, -0.15) is 0 Å². The zero-order chi connectivity index (χ0) is 39.6. The molecule has 12 aromatic rings. The van der Waals surface area contributed by atoms with Crippen molar-refractivity contribution in [1.29, 1.82) is 0 Å². The van der Waals surface area contributed by atoms with Crippen LogP contribution in [0.4, 0.5) is 0 Å². The lowest BCUT2D eigenvalue weighted by molar-refractivity contribution is 0.669. The number of rotatable bonds is 6. The molecule has 0 aliphatic rings. The van der Waals surface area contributed by atoms with Crippen molar-refractivity contribution in [2.24, 2.45) is 0 Å². The summed E-state index contributed by atoms with van der Waals surface area (Å²) in [5, 5.41) is 6.82. The molecule has 5 heteroatoms. The van der Waals surface area contributed by atoms with E-state index in [-0.39, 0.29) is 0 Å². The van der Waals surface area contributed by atoms with Crippen LogP contribution in [0.1, 0.15) is 0 Å². The van der Waals surface area contributed by atoms with Gasteiger partial charge in [-0.05, 0) is 69.4 Å². The molecule has 0 radical (unpaired) electrons. The molecule has 0 saturated heterocycles. The Labute approximate surface area is 345 Å². The van der Waals surface area contributed by atoms with Crippen LogP contribution in [0.3, 0.4) is 0 Å². The maximum absolute atomic E-state index is 6.75. The number of fused-ring (bicyclic) bond motifs is 7. The summed E-state index contributed by atoms with van der Waals surface area (Å²) in [5.74, 6) is 1.70. The first-order valence-corrected chi connectivity index (χ1v) is 20.2. The molecular weight excluding hydrogens is 733 g/mol. The summed E-state index contributed by atoms with van der Waals surface area (Å²) in [6.45, 7) is 0. The second kappa shape index (κ2) is 13.8. The number of benzene rings is 9. The molecule has 3 heterocycles. The van der Waals surface area contributed by atoms with Gasteiger partial charge in [-0.3, -0.25) is 0 Å². The molecule has 0 spiro atoms. The molecule has 0 fully saturated rings. The smallest absolute Gasteiger partial charge is 0.167 e. The summed E-state index contributed by atoms with van der Waals surface area (Å²) in [6.07, 6.45) is 0. The summed E-state index contributed by atoms with van der Waals surface area (Å²) in [5.41, 5.74) is 11.9. The molecule has 3 aromatic heterocycles. The Morgan fingerprint density at radius 2 is 0.833 bits per heavy atom. The molecule has 0 saturated carbocycles. The summed E-state index contributed by atoms with van der Waals surface area (Å²) in [4.78, 5) is 15.7. The van der Waals surface area contributed by atoms with Gasteiger partial charge in [0.25, 0.3) is 0 Å². The molecule has 5 nitrogen and oxygen atoms in total. The van der Waals surface area contributed by atoms with Crippen molar-refractivity contribution in [3.8, 4) is 62.1 Å². The Kier molecular flexibility index (Phi) is 7.78. The van der Waals surface area contributed by atoms with Gasteiger partial charge in [0.15, 0.2) is 17.5 Å². The second-order valence-electron chi connectivity index (χ2n) is 15.2. The maximum Gasteiger partial charge on any atom is 0.167 e. The highest BCUT2D eigenvalue weighted by Crippen LogP contribution is 2.41. The minimum atomic E-state index is 0.534. The highest BCUT2D eigenvalue weighted by Gasteiger charge is 2.22. The number of furan rings is 1. The Bertz CT molecular complexity index is 3470. The summed E-state index contributed by atoms with van der Waals surface area (Å²) in [7, 11) is 0. The maximum atomic E-state index is 6.75. The predicted octanol–water partition coefficient (Wildman–Crippen LogP) is 14.4. The van der Waals surface area contributed by atoms with Crippen LogP contribution in [0.25, 0.3) is 117 Å². The van der Waals surface area contributed by atoms with E-state index < -0.39 is 0 Å². The van der Waals surface area contributed by atoms with E-state index in [9.17, 15) is 0 Å². The third-order valence-electron chi connectivity index (χ3n) is 11.6. The van der Waals surface area contributed by atoms with E-state index in [0.29, 0.717) is 17.5 Å². The van der Waals surface area contributed by atoms with E-state index in [2.05, 4.69) is 187 Å². The van der Waals surface area contributed by atoms with Crippen LogP contribution in [0.5, 0.6) is 0 Å². The number of hydrogen-bond acceptors (Lipinski definition) is 4. The van der Waals surface area contributed by atoms with Crippen LogP contribution >= 0.6 is 0 Å². The van der Waals surface area contributed by atoms with E-state index in [1.165, 1.54) is 21.5 Å². The van der Waals surface area contributed by atoms with Crippen molar-refractivity contribution < 1.29 is 4.42 Å². The number of para-hydroxylation sites is 2. The fraction of sp³-hybridized carbons (Fsp3) is 0. The number of aromatic nitrogens is 4. The standard InChI is InChI=1S/C55H34N4O/c1-3-13-35(14-4-1)37-23-27-39(28-24-37)53-56-54(40-29-25-38(26-30-40)36-15-5-2-6-16-36)58-55(57-53)48-34-43(33-47-45-20-10-12-22-51(45)60-52(47)48)59-49-21-11-9-19-44(49)46-31-41-17-7-8-18-42(41)32-50(46)59/h1-34H. The Morgan fingerprint density at radius 3 is 1.48 bits per heavy atom. The molecule has 9 aromatic carbocycles. The third-order valence-corrected chi connectivity index (χ3v) is 11.6. The first kappa shape index (κ1) is 33.9. The number of hydrogen-bond donors (Lipinski definition) is 0. The number of nitrogens with zero attached hydrogens (tertiary/aromatic N) is 4. The van der Waals surface area contributed by atoms with Crippen LogP contribution in [-0.4, -0.2) is 19.5 Å². The third kappa shape index (κ3) is 5.67. The van der Waals surface area contributed by atoms with Crippen LogP contribution < -0.4 is 0 Å². The van der Waals surface area contributed by atoms with Gasteiger partial charge in [0.2, 0.25) is 0 Å². The van der Waals surface area contributed by atoms with Gasteiger partial charge in [0, 0.05) is 38.4 Å². The lowest BCUT2D eigenvalue weighted by Crippen LogP contribution is -2.02. The van der Waals surface area contributed by atoms with Crippen molar-refractivity contribution in [3.63, 3.8) is 0 Å². The Balaban J connectivity index is 1.11. The van der Waals surface area contributed by atoms with Crippen LogP contribution in [0.15, 0.2) is 211 Å². The van der Waals surface area contributed by atoms with Gasteiger partial charge in [0.1, 0.15) is 11.2 Å². The molecule has 280 valence electrons. The fourth-order valence-electron chi connectivity index (χ4n) is 8.68. The van der Waals surface area contributed by atoms with E-state index in [4.69, 9.17) is 19.4 Å². The summed E-state index contributed by atoms with van der Waals surface area (Å²) in [6, 6.07) is 72.2. The molecule has 0 aliphatic carbocycles. The highest BCUT2D eigenvalue weighted by atomic mass is 16.3. The second-order valence-corrected chi connectivity index (χ2v) is 15.2. The average Bonchev–Trinajstić information content (AvgIpc) is 3.86. The van der Waals surface area contributed by atoms with Crippen molar-refractivity contribution >= 4 is 54.5 Å². The normalized spacial score (nSPS) is 11.7.